The highest BCUT2D eigenvalue weighted by Crippen LogP contribution is 2.37. The Labute approximate surface area is 225 Å². The van der Waals surface area contributed by atoms with Gasteiger partial charge in [-0.2, -0.15) is 0 Å². The summed E-state index contributed by atoms with van der Waals surface area (Å²) in [6, 6.07) is 0. The van der Waals surface area contributed by atoms with Crippen LogP contribution in [-0.4, -0.2) is 75.3 Å². The molecule has 2 heterocycles. The molecule has 0 aromatic heterocycles. The van der Waals surface area contributed by atoms with Gasteiger partial charge in [-0.15, -0.1) is 0 Å². The van der Waals surface area contributed by atoms with E-state index in [9.17, 15) is 29.7 Å². The summed E-state index contributed by atoms with van der Waals surface area (Å²) in [6.45, 7) is 10.4. The summed E-state index contributed by atoms with van der Waals surface area (Å²) in [5.74, 6) is -1.92. The molecule has 9 nitrogen and oxygen atoms in total. The van der Waals surface area contributed by atoms with Gasteiger partial charge in [0.25, 0.3) is 0 Å². The standard InChI is InChI=1S/C29H44O9/c1-7-22(32)19(4)28-25(37-28)16-29(6,35)14-8-9-17(2)27-18(3)10-13-24(36-20(5)30)23(33)12-11-21(31)15-26(34)38-27/h8-10,13-14,18-19,21-22,24-25,27-28,31-32,35H,7,11-12,15-16H2,1-6H3/b13-10+,14-8+,17-9+. The highest BCUT2D eigenvalue weighted by Gasteiger charge is 2.47. The number of hydrogen-bond donors (Lipinski definition) is 3. The first kappa shape index (κ1) is 31.9. The second-order valence-corrected chi connectivity index (χ2v) is 10.9. The van der Waals surface area contributed by atoms with E-state index < -0.39 is 42.0 Å². The molecule has 0 radical (unpaired) electrons. The molecule has 9 unspecified atom stereocenters. The van der Waals surface area contributed by atoms with Crippen LogP contribution in [0.15, 0.2) is 36.0 Å². The number of ketones is 1. The summed E-state index contributed by atoms with van der Waals surface area (Å²) in [5.41, 5.74) is -0.464. The number of epoxide rings is 1. The van der Waals surface area contributed by atoms with E-state index in [-0.39, 0.29) is 49.1 Å². The minimum atomic E-state index is -1.15. The Morgan fingerprint density at radius 3 is 2.61 bits per heavy atom. The van der Waals surface area contributed by atoms with Crippen LogP contribution in [0.3, 0.4) is 0 Å². The van der Waals surface area contributed by atoms with Gasteiger partial charge in [-0.1, -0.05) is 45.1 Å². The van der Waals surface area contributed by atoms with Crippen molar-refractivity contribution < 1.29 is 43.9 Å². The minimum absolute atomic E-state index is 0.00787. The molecule has 0 aromatic rings. The van der Waals surface area contributed by atoms with Crippen LogP contribution in [0.4, 0.5) is 0 Å². The number of esters is 2. The van der Waals surface area contributed by atoms with Gasteiger partial charge in [-0.25, -0.2) is 0 Å². The molecule has 3 N–H and O–H groups in total. The molecule has 9 heteroatoms. The van der Waals surface area contributed by atoms with Crippen molar-refractivity contribution in [1.82, 2.24) is 0 Å². The monoisotopic (exact) mass is 536 g/mol. The highest BCUT2D eigenvalue weighted by atomic mass is 16.6. The second kappa shape index (κ2) is 14.2. The third-order valence-electron chi connectivity index (χ3n) is 7.10. The summed E-state index contributed by atoms with van der Waals surface area (Å²) in [5, 5.41) is 31.1. The summed E-state index contributed by atoms with van der Waals surface area (Å²) in [6.07, 6.45) is 5.52. The summed E-state index contributed by atoms with van der Waals surface area (Å²) in [7, 11) is 0. The quantitative estimate of drug-likeness (QED) is 0.175. The molecule has 0 amide bonds. The molecule has 0 aromatic carbocycles. The molecule has 2 aliphatic rings. The van der Waals surface area contributed by atoms with Crippen LogP contribution in [0, 0.1) is 11.8 Å². The maximum absolute atomic E-state index is 12.5. The van der Waals surface area contributed by atoms with E-state index in [1.165, 1.54) is 13.0 Å². The van der Waals surface area contributed by atoms with E-state index in [1.807, 2.05) is 13.8 Å². The summed E-state index contributed by atoms with van der Waals surface area (Å²) in [4.78, 5) is 36.5. The number of cyclic esters (lactones) is 1. The molecule has 1 fully saturated rings. The zero-order chi connectivity index (χ0) is 28.6. The largest absolute Gasteiger partial charge is 0.457 e. The third kappa shape index (κ3) is 10.1. The Balaban J connectivity index is 2.14. The van der Waals surface area contributed by atoms with Gasteiger partial charge < -0.3 is 29.5 Å². The molecule has 0 spiro atoms. The molecule has 2 rings (SSSR count). The van der Waals surface area contributed by atoms with Crippen LogP contribution in [0.1, 0.15) is 73.6 Å². The molecule has 2 aliphatic heterocycles. The average Bonchev–Trinajstić information content (AvgIpc) is 3.59. The Hall–Kier alpha value is -2.33. The third-order valence-corrected chi connectivity index (χ3v) is 7.10. The van der Waals surface area contributed by atoms with Gasteiger partial charge in [0.15, 0.2) is 11.9 Å². The zero-order valence-corrected chi connectivity index (χ0v) is 23.3. The number of carbonyl (C=O) groups excluding carboxylic acids is 3. The highest BCUT2D eigenvalue weighted by molar-refractivity contribution is 5.87. The number of ether oxygens (including phenoxy) is 3. The van der Waals surface area contributed by atoms with Gasteiger partial charge in [0.2, 0.25) is 0 Å². The number of aliphatic hydroxyl groups excluding tert-OH is 2. The first-order chi connectivity index (χ1) is 17.7. The Bertz CT molecular complexity index is 919. The maximum Gasteiger partial charge on any atom is 0.309 e. The van der Waals surface area contributed by atoms with Gasteiger partial charge in [-0.3, -0.25) is 14.4 Å². The molecular formula is C29H44O9. The fourth-order valence-corrected chi connectivity index (χ4v) is 4.67. The second-order valence-electron chi connectivity index (χ2n) is 10.9. The van der Waals surface area contributed by atoms with E-state index >= 15 is 0 Å². The normalized spacial score (nSPS) is 33.3. The molecular weight excluding hydrogens is 492 g/mol. The van der Waals surface area contributed by atoms with E-state index in [0.717, 1.165) is 0 Å². The number of Topliss-reactive ketones (excluding diaryl/α,β-unsaturated/α-hetero) is 1. The van der Waals surface area contributed by atoms with Gasteiger partial charge in [0.05, 0.1) is 36.4 Å². The predicted molar refractivity (Wildman–Crippen MR) is 141 cm³/mol. The van der Waals surface area contributed by atoms with Crippen LogP contribution in [0.2, 0.25) is 0 Å². The SMILES string of the molecule is CCC(O)C(C)C1OC1CC(C)(O)/C=C/C=C(\C)C1OC(=O)CC(O)CCC(=O)C(OC(C)=O)/C=C/C1C. The first-order valence-corrected chi connectivity index (χ1v) is 13.4. The van der Waals surface area contributed by atoms with Crippen molar-refractivity contribution in [2.24, 2.45) is 11.8 Å². The van der Waals surface area contributed by atoms with Crippen molar-refractivity contribution in [3.8, 4) is 0 Å². The van der Waals surface area contributed by atoms with Gasteiger partial charge in [0.1, 0.15) is 6.10 Å². The molecule has 0 bridgehead atoms. The molecule has 0 aliphatic carbocycles. The topological polar surface area (TPSA) is 143 Å². The molecule has 9 atom stereocenters. The molecule has 1 saturated heterocycles. The van der Waals surface area contributed by atoms with E-state index in [0.29, 0.717) is 18.4 Å². The van der Waals surface area contributed by atoms with E-state index in [4.69, 9.17) is 14.2 Å². The van der Waals surface area contributed by atoms with Crippen LogP contribution < -0.4 is 0 Å². The Morgan fingerprint density at radius 1 is 1.29 bits per heavy atom. The summed E-state index contributed by atoms with van der Waals surface area (Å²) < 4.78 is 16.5. The predicted octanol–water partition coefficient (Wildman–Crippen LogP) is 2.95. The van der Waals surface area contributed by atoms with Crippen molar-refractivity contribution in [3.63, 3.8) is 0 Å². The van der Waals surface area contributed by atoms with Crippen LogP contribution in [-0.2, 0) is 28.6 Å². The lowest BCUT2D eigenvalue weighted by molar-refractivity contribution is -0.152. The number of aliphatic hydroxyl groups is 3. The number of rotatable bonds is 9. The van der Waals surface area contributed by atoms with Gasteiger partial charge in [0, 0.05) is 31.6 Å². The van der Waals surface area contributed by atoms with Crippen LogP contribution in [0.5, 0.6) is 0 Å². The number of hydrogen-bond acceptors (Lipinski definition) is 9. The van der Waals surface area contributed by atoms with Crippen molar-refractivity contribution >= 4 is 17.7 Å². The van der Waals surface area contributed by atoms with Crippen molar-refractivity contribution in [2.75, 3.05) is 0 Å². The van der Waals surface area contributed by atoms with Gasteiger partial charge in [-0.05, 0) is 38.3 Å². The lowest BCUT2D eigenvalue weighted by atomic mass is 9.91. The van der Waals surface area contributed by atoms with Crippen molar-refractivity contribution in [3.05, 3.63) is 36.0 Å². The van der Waals surface area contributed by atoms with E-state index in [1.54, 1.807) is 45.1 Å². The number of allylic oxidation sites excluding steroid dienone is 2. The molecule has 38 heavy (non-hydrogen) atoms. The van der Waals surface area contributed by atoms with Gasteiger partial charge >= 0.3 is 11.9 Å². The average molecular weight is 537 g/mol. The van der Waals surface area contributed by atoms with Crippen molar-refractivity contribution in [2.45, 2.75) is 116 Å². The lowest BCUT2D eigenvalue weighted by Crippen LogP contribution is -2.31. The fourth-order valence-electron chi connectivity index (χ4n) is 4.67. The fraction of sp³-hybridized carbons (Fsp3) is 0.690. The Kier molecular flexibility index (Phi) is 11.9. The smallest absolute Gasteiger partial charge is 0.309 e. The molecule has 0 saturated carbocycles. The van der Waals surface area contributed by atoms with E-state index in [2.05, 4.69) is 0 Å². The Morgan fingerprint density at radius 2 is 1.97 bits per heavy atom. The number of carbonyl (C=O) groups is 3. The lowest BCUT2D eigenvalue weighted by Gasteiger charge is -2.25. The summed E-state index contributed by atoms with van der Waals surface area (Å²) >= 11 is 0. The van der Waals surface area contributed by atoms with Crippen LogP contribution >= 0.6 is 0 Å². The maximum atomic E-state index is 12.5. The van der Waals surface area contributed by atoms with Crippen molar-refractivity contribution in [1.29, 1.82) is 0 Å². The first-order valence-electron chi connectivity index (χ1n) is 13.4. The molecule has 214 valence electrons. The minimum Gasteiger partial charge on any atom is -0.457 e. The zero-order valence-electron chi connectivity index (χ0n) is 23.3. The van der Waals surface area contributed by atoms with Crippen LogP contribution in [0.25, 0.3) is 0 Å².